The molecule has 0 aliphatic carbocycles. The van der Waals surface area contributed by atoms with E-state index in [1.807, 2.05) is 12.1 Å². The number of amides is 1. The fourth-order valence-electron chi connectivity index (χ4n) is 3.28. The molecule has 1 unspecified atom stereocenters. The van der Waals surface area contributed by atoms with E-state index in [1.54, 1.807) is 26.3 Å². The Bertz CT molecular complexity index is 1050. The Hall–Kier alpha value is -3.31. The summed E-state index contributed by atoms with van der Waals surface area (Å²) >= 11 is 0. The highest BCUT2D eigenvalue weighted by Gasteiger charge is 2.25. The second-order valence-electron chi connectivity index (χ2n) is 6.30. The first-order chi connectivity index (χ1) is 13.1. The van der Waals surface area contributed by atoms with Crippen LogP contribution in [-0.2, 0) is 11.8 Å². The van der Waals surface area contributed by atoms with Crippen LogP contribution in [0, 0.1) is 11.3 Å². The minimum atomic E-state index is -0.359. The summed E-state index contributed by atoms with van der Waals surface area (Å²) in [6, 6.07) is 7.21. The second-order valence-corrected chi connectivity index (χ2v) is 6.30. The first-order valence-corrected chi connectivity index (χ1v) is 8.58. The lowest BCUT2D eigenvalue weighted by molar-refractivity contribution is 0.0949. The molecule has 1 atom stereocenters. The number of carbonyl (C=O) groups excluding carboxylic acids is 1. The van der Waals surface area contributed by atoms with Crippen molar-refractivity contribution in [2.24, 2.45) is 7.05 Å². The van der Waals surface area contributed by atoms with E-state index in [1.165, 1.54) is 10.9 Å². The van der Waals surface area contributed by atoms with Crippen LogP contribution in [0.3, 0.4) is 0 Å². The first-order valence-electron chi connectivity index (χ1n) is 8.58. The number of aryl methyl sites for hydroxylation is 1. The van der Waals surface area contributed by atoms with Gasteiger partial charge in [-0.1, -0.05) is 0 Å². The van der Waals surface area contributed by atoms with Crippen molar-refractivity contribution >= 4 is 22.7 Å². The molecule has 3 heterocycles. The first kappa shape index (κ1) is 17.1. The van der Waals surface area contributed by atoms with Crippen molar-refractivity contribution in [3.05, 3.63) is 41.3 Å². The van der Waals surface area contributed by atoms with Gasteiger partial charge in [0.05, 0.1) is 18.9 Å². The molecule has 1 amide bonds. The van der Waals surface area contributed by atoms with Crippen LogP contribution in [0.1, 0.15) is 40.6 Å². The molecule has 1 N–H and O–H groups in total. The van der Waals surface area contributed by atoms with Crippen LogP contribution >= 0.6 is 0 Å². The third-order valence-corrected chi connectivity index (χ3v) is 4.67. The van der Waals surface area contributed by atoms with Gasteiger partial charge < -0.3 is 19.2 Å². The van der Waals surface area contributed by atoms with Gasteiger partial charge in [-0.25, -0.2) is 0 Å². The third kappa shape index (κ3) is 2.92. The van der Waals surface area contributed by atoms with Crippen LogP contribution in [0.4, 0.5) is 5.82 Å². The predicted molar refractivity (Wildman–Crippen MR) is 96.6 cm³/mol. The lowest BCUT2D eigenvalue weighted by atomic mass is 10.1. The number of hydrogen-bond donors (Lipinski definition) is 1. The quantitative estimate of drug-likeness (QED) is 0.761. The molecule has 27 heavy (non-hydrogen) atoms. The molecule has 138 valence electrons. The highest BCUT2D eigenvalue weighted by molar-refractivity contribution is 6.13. The van der Waals surface area contributed by atoms with E-state index in [9.17, 15) is 10.1 Å². The van der Waals surface area contributed by atoms with E-state index >= 15 is 0 Å². The summed E-state index contributed by atoms with van der Waals surface area (Å²) in [5.41, 5.74) is 1.22. The summed E-state index contributed by atoms with van der Waals surface area (Å²) in [6.07, 6.45) is 3.15. The molecule has 1 aliphatic heterocycles. The molecule has 4 rings (SSSR count). The molecular formula is C19H18N4O4. The number of carbonyl (C=O) groups is 1. The topological polar surface area (TPSA) is 102 Å². The Morgan fingerprint density at radius 3 is 3.04 bits per heavy atom. The molecule has 8 nitrogen and oxygen atoms in total. The zero-order valence-corrected chi connectivity index (χ0v) is 15.0. The van der Waals surface area contributed by atoms with Crippen LogP contribution < -0.4 is 10.1 Å². The molecular weight excluding hydrogens is 348 g/mol. The van der Waals surface area contributed by atoms with Crippen molar-refractivity contribution in [2.45, 2.75) is 18.9 Å². The van der Waals surface area contributed by atoms with Crippen LogP contribution in [-0.4, -0.2) is 29.4 Å². The minimum absolute atomic E-state index is 0.111. The average molecular weight is 366 g/mol. The molecule has 8 heteroatoms. The number of aromatic nitrogens is 2. The Morgan fingerprint density at radius 1 is 1.48 bits per heavy atom. The van der Waals surface area contributed by atoms with Crippen molar-refractivity contribution in [1.82, 2.24) is 9.78 Å². The maximum absolute atomic E-state index is 12.9. The van der Waals surface area contributed by atoms with Gasteiger partial charge >= 0.3 is 0 Å². The van der Waals surface area contributed by atoms with Gasteiger partial charge in [0, 0.05) is 19.0 Å². The number of methoxy groups -OCH3 is 1. The van der Waals surface area contributed by atoms with Crippen molar-refractivity contribution in [1.29, 1.82) is 5.26 Å². The summed E-state index contributed by atoms with van der Waals surface area (Å²) < 4.78 is 18.5. The van der Waals surface area contributed by atoms with E-state index in [-0.39, 0.29) is 12.0 Å². The van der Waals surface area contributed by atoms with Gasteiger partial charge in [0.25, 0.3) is 5.91 Å². The number of hydrogen-bond acceptors (Lipinski definition) is 6. The molecule has 3 aromatic rings. The van der Waals surface area contributed by atoms with Crippen LogP contribution in [0.15, 0.2) is 28.8 Å². The van der Waals surface area contributed by atoms with E-state index in [4.69, 9.17) is 13.9 Å². The molecule has 0 saturated carbocycles. The van der Waals surface area contributed by atoms with Crippen molar-refractivity contribution < 1.29 is 18.7 Å². The monoisotopic (exact) mass is 366 g/mol. The van der Waals surface area contributed by atoms with E-state index in [0.29, 0.717) is 46.0 Å². The number of furan rings is 1. The van der Waals surface area contributed by atoms with Gasteiger partial charge in [0.2, 0.25) is 0 Å². The summed E-state index contributed by atoms with van der Waals surface area (Å²) in [7, 11) is 3.21. The number of nitrogens with zero attached hydrogens (tertiary/aromatic N) is 3. The minimum Gasteiger partial charge on any atom is -0.493 e. The van der Waals surface area contributed by atoms with E-state index in [2.05, 4.69) is 10.4 Å². The number of nitriles is 1. The third-order valence-electron chi connectivity index (χ3n) is 4.67. The van der Waals surface area contributed by atoms with Crippen LogP contribution in [0.5, 0.6) is 5.75 Å². The van der Waals surface area contributed by atoms with Crippen molar-refractivity contribution in [3.63, 3.8) is 0 Å². The fourth-order valence-corrected chi connectivity index (χ4v) is 3.28. The summed E-state index contributed by atoms with van der Waals surface area (Å²) in [4.78, 5) is 12.9. The number of anilines is 1. The lowest BCUT2D eigenvalue weighted by Crippen LogP contribution is -2.15. The zero-order chi connectivity index (χ0) is 19.0. The number of nitrogens with one attached hydrogen (secondary N) is 1. The zero-order valence-electron chi connectivity index (χ0n) is 15.0. The summed E-state index contributed by atoms with van der Waals surface area (Å²) in [5, 5.41) is 16.6. The fraction of sp³-hybridized carbons (Fsp3) is 0.316. The number of fused-ring (bicyclic) bond motifs is 1. The van der Waals surface area contributed by atoms with Gasteiger partial charge in [-0.15, -0.1) is 0 Å². The maximum Gasteiger partial charge on any atom is 0.257 e. The van der Waals surface area contributed by atoms with Crippen molar-refractivity contribution in [2.75, 3.05) is 19.0 Å². The Balaban J connectivity index is 1.75. The predicted octanol–water partition coefficient (Wildman–Crippen LogP) is 3.15. The highest BCUT2D eigenvalue weighted by atomic mass is 16.5. The Kier molecular flexibility index (Phi) is 4.30. The van der Waals surface area contributed by atoms with Gasteiger partial charge in [0.1, 0.15) is 29.3 Å². The standard InChI is InChI=1S/C19H18N4O4/c1-23-18(11(9-20)10-21-23)22-19(24)12-5-6-15(25-2)17-13(12)8-16(27-17)14-4-3-7-26-14/h5-6,8,10,14H,3-4,7H2,1-2H3,(H,22,24). The van der Waals surface area contributed by atoms with Crippen molar-refractivity contribution in [3.8, 4) is 11.8 Å². The Morgan fingerprint density at radius 2 is 2.33 bits per heavy atom. The number of rotatable bonds is 4. The highest BCUT2D eigenvalue weighted by Crippen LogP contribution is 2.37. The molecule has 1 saturated heterocycles. The number of ether oxygens (including phenoxy) is 2. The summed E-state index contributed by atoms with van der Waals surface area (Å²) in [6.45, 7) is 0.698. The molecule has 1 fully saturated rings. The SMILES string of the molecule is COc1ccc(C(=O)Nc2c(C#N)cnn2C)c2cc(C3CCCO3)oc12. The molecule has 2 aromatic heterocycles. The maximum atomic E-state index is 12.9. The normalized spacial score (nSPS) is 16.4. The van der Waals surface area contributed by atoms with Crippen LogP contribution in [0.25, 0.3) is 11.0 Å². The van der Waals surface area contributed by atoms with Crippen LogP contribution in [0.2, 0.25) is 0 Å². The molecule has 0 spiro atoms. The lowest BCUT2D eigenvalue weighted by Gasteiger charge is -2.08. The van der Waals surface area contributed by atoms with Gasteiger partial charge in [0.15, 0.2) is 11.3 Å². The molecule has 1 aliphatic rings. The Labute approximate surface area is 155 Å². The average Bonchev–Trinajstić information content (AvgIpc) is 3.41. The van der Waals surface area contributed by atoms with Gasteiger partial charge in [-0.3, -0.25) is 9.48 Å². The largest absolute Gasteiger partial charge is 0.493 e. The molecule has 0 radical (unpaired) electrons. The summed E-state index contributed by atoms with van der Waals surface area (Å²) in [5.74, 6) is 1.21. The van der Waals surface area contributed by atoms with E-state index in [0.717, 1.165) is 12.8 Å². The smallest absolute Gasteiger partial charge is 0.257 e. The van der Waals surface area contributed by atoms with Gasteiger partial charge in [-0.05, 0) is 31.0 Å². The second kappa shape index (κ2) is 6.78. The van der Waals surface area contributed by atoms with Gasteiger partial charge in [-0.2, -0.15) is 10.4 Å². The van der Waals surface area contributed by atoms with E-state index < -0.39 is 0 Å². The molecule has 1 aromatic carbocycles. The number of benzene rings is 1. The molecule has 0 bridgehead atoms.